The van der Waals surface area contributed by atoms with Gasteiger partial charge < -0.3 is 4.57 Å². The second-order valence-corrected chi connectivity index (χ2v) is 4.45. The van der Waals surface area contributed by atoms with E-state index in [1.165, 1.54) is 12.1 Å². The van der Waals surface area contributed by atoms with Gasteiger partial charge in [-0.1, -0.05) is 36.9 Å². The average Bonchev–Trinajstić information content (AvgIpc) is 2.46. The Morgan fingerprint density at radius 3 is 2.55 bits per heavy atom. The summed E-state index contributed by atoms with van der Waals surface area (Å²) in [6, 6.07) is 8.00. The molecule has 2 rings (SSSR count). The molecule has 0 fully saturated rings. The SMILES string of the molecule is C=Cc1ccn(Cc2ccc(F)cc2)c(=O)c1C=CC. The van der Waals surface area contributed by atoms with Gasteiger partial charge in [-0.15, -0.1) is 0 Å². The summed E-state index contributed by atoms with van der Waals surface area (Å²) >= 11 is 0. The maximum atomic E-state index is 12.9. The van der Waals surface area contributed by atoms with Crippen LogP contribution in [0.25, 0.3) is 12.2 Å². The van der Waals surface area contributed by atoms with E-state index in [2.05, 4.69) is 6.58 Å². The topological polar surface area (TPSA) is 22.0 Å². The molecule has 1 aromatic heterocycles. The molecule has 0 aliphatic heterocycles. The number of aromatic nitrogens is 1. The van der Waals surface area contributed by atoms with Crippen LogP contribution in [0.15, 0.2) is 54.0 Å². The Kier molecular flexibility index (Phi) is 4.31. The lowest BCUT2D eigenvalue weighted by Crippen LogP contribution is -2.23. The van der Waals surface area contributed by atoms with Crippen LogP contribution in [-0.4, -0.2) is 4.57 Å². The molecule has 1 aromatic carbocycles. The monoisotopic (exact) mass is 269 g/mol. The fourth-order valence-electron chi connectivity index (χ4n) is 2.03. The molecule has 0 atom stereocenters. The van der Waals surface area contributed by atoms with Crippen LogP contribution in [0.2, 0.25) is 0 Å². The van der Waals surface area contributed by atoms with Crippen molar-refractivity contribution in [1.29, 1.82) is 0 Å². The lowest BCUT2D eigenvalue weighted by atomic mass is 10.1. The second kappa shape index (κ2) is 6.15. The molecule has 0 saturated carbocycles. The van der Waals surface area contributed by atoms with Crippen LogP contribution < -0.4 is 5.56 Å². The molecule has 2 nitrogen and oxygen atoms in total. The van der Waals surface area contributed by atoms with Crippen LogP contribution in [0.5, 0.6) is 0 Å². The maximum Gasteiger partial charge on any atom is 0.258 e. The van der Waals surface area contributed by atoms with E-state index in [-0.39, 0.29) is 11.4 Å². The summed E-state index contributed by atoms with van der Waals surface area (Å²) in [5, 5.41) is 0. The normalized spacial score (nSPS) is 10.9. The number of nitrogens with zero attached hydrogens (tertiary/aromatic N) is 1. The van der Waals surface area contributed by atoms with Gasteiger partial charge in [0, 0.05) is 11.8 Å². The van der Waals surface area contributed by atoms with Crippen molar-refractivity contribution in [1.82, 2.24) is 4.57 Å². The largest absolute Gasteiger partial charge is 0.311 e. The van der Waals surface area contributed by atoms with Gasteiger partial charge in [0.1, 0.15) is 5.82 Å². The fraction of sp³-hybridized carbons (Fsp3) is 0.118. The standard InChI is InChI=1S/C17H16FNO/c1-3-5-16-14(4-2)10-11-19(17(16)20)12-13-6-8-15(18)9-7-13/h3-11H,2,12H2,1H3. The van der Waals surface area contributed by atoms with E-state index in [9.17, 15) is 9.18 Å². The molecule has 0 aliphatic rings. The van der Waals surface area contributed by atoms with Gasteiger partial charge >= 0.3 is 0 Å². The van der Waals surface area contributed by atoms with Gasteiger partial charge in [-0.25, -0.2) is 4.39 Å². The van der Waals surface area contributed by atoms with E-state index in [4.69, 9.17) is 0 Å². The van der Waals surface area contributed by atoms with Crippen LogP contribution >= 0.6 is 0 Å². The second-order valence-electron chi connectivity index (χ2n) is 4.45. The Morgan fingerprint density at radius 2 is 1.95 bits per heavy atom. The van der Waals surface area contributed by atoms with Gasteiger partial charge in [0.15, 0.2) is 0 Å². The van der Waals surface area contributed by atoms with E-state index in [1.807, 2.05) is 19.1 Å². The molecule has 20 heavy (non-hydrogen) atoms. The van der Waals surface area contributed by atoms with Crippen LogP contribution in [-0.2, 0) is 6.54 Å². The van der Waals surface area contributed by atoms with E-state index in [0.29, 0.717) is 12.1 Å². The Bertz CT molecular complexity index is 696. The van der Waals surface area contributed by atoms with Crippen molar-refractivity contribution in [2.75, 3.05) is 0 Å². The summed E-state index contributed by atoms with van der Waals surface area (Å²) in [6.45, 7) is 6.00. The highest BCUT2D eigenvalue weighted by Gasteiger charge is 2.06. The van der Waals surface area contributed by atoms with E-state index in [0.717, 1.165) is 11.1 Å². The highest BCUT2D eigenvalue weighted by Crippen LogP contribution is 2.09. The maximum absolute atomic E-state index is 12.9. The van der Waals surface area contributed by atoms with Crippen molar-refractivity contribution in [3.05, 3.63) is 82.0 Å². The molecule has 0 radical (unpaired) electrons. The quantitative estimate of drug-likeness (QED) is 0.829. The van der Waals surface area contributed by atoms with E-state index >= 15 is 0 Å². The molecule has 1 heterocycles. The molecular weight excluding hydrogens is 253 g/mol. The van der Waals surface area contributed by atoms with Gasteiger partial charge in [0.2, 0.25) is 0 Å². The summed E-state index contributed by atoms with van der Waals surface area (Å²) < 4.78 is 14.5. The Hall–Kier alpha value is -2.42. The lowest BCUT2D eigenvalue weighted by molar-refractivity contribution is 0.626. The first-order chi connectivity index (χ1) is 9.65. The Balaban J connectivity index is 2.43. The van der Waals surface area contributed by atoms with Gasteiger partial charge in [-0.05, 0) is 36.2 Å². The van der Waals surface area contributed by atoms with Gasteiger partial charge in [0.25, 0.3) is 5.56 Å². The summed E-state index contributed by atoms with van der Waals surface area (Å²) in [6.07, 6.45) is 7.00. The molecule has 102 valence electrons. The molecule has 0 N–H and O–H groups in total. The zero-order valence-corrected chi connectivity index (χ0v) is 11.3. The zero-order chi connectivity index (χ0) is 14.5. The number of pyridine rings is 1. The minimum absolute atomic E-state index is 0.0789. The highest BCUT2D eigenvalue weighted by atomic mass is 19.1. The minimum atomic E-state index is -0.280. The van der Waals surface area contributed by atoms with Crippen molar-refractivity contribution < 1.29 is 4.39 Å². The summed E-state index contributed by atoms with van der Waals surface area (Å²) in [7, 11) is 0. The number of hydrogen-bond donors (Lipinski definition) is 0. The third-order valence-electron chi connectivity index (χ3n) is 3.06. The van der Waals surface area contributed by atoms with Crippen LogP contribution in [0.1, 0.15) is 23.6 Å². The molecule has 0 spiro atoms. The fourth-order valence-corrected chi connectivity index (χ4v) is 2.03. The predicted molar refractivity (Wildman–Crippen MR) is 81.0 cm³/mol. The van der Waals surface area contributed by atoms with Crippen molar-refractivity contribution in [3.63, 3.8) is 0 Å². The molecule has 0 bridgehead atoms. The predicted octanol–water partition coefficient (Wildman–Crippen LogP) is 3.71. The molecule has 3 heteroatoms. The molecular formula is C17H16FNO. The van der Waals surface area contributed by atoms with Gasteiger partial charge in [0.05, 0.1) is 6.54 Å². The third kappa shape index (κ3) is 2.94. The van der Waals surface area contributed by atoms with E-state index < -0.39 is 0 Å². The lowest BCUT2D eigenvalue weighted by Gasteiger charge is -2.09. The van der Waals surface area contributed by atoms with Crippen LogP contribution in [0, 0.1) is 5.82 Å². The molecule has 2 aromatic rings. The number of benzene rings is 1. The van der Waals surface area contributed by atoms with Crippen LogP contribution in [0.4, 0.5) is 4.39 Å². The van der Waals surface area contributed by atoms with Crippen molar-refractivity contribution in [3.8, 4) is 0 Å². The van der Waals surface area contributed by atoms with Gasteiger partial charge in [-0.3, -0.25) is 4.79 Å². The molecule has 0 unspecified atom stereocenters. The van der Waals surface area contributed by atoms with Crippen molar-refractivity contribution >= 4 is 12.2 Å². The number of halogens is 1. The van der Waals surface area contributed by atoms with E-state index in [1.54, 1.807) is 35.0 Å². The zero-order valence-electron chi connectivity index (χ0n) is 11.3. The average molecular weight is 269 g/mol. The van der Waals surface area contributed by atoms with Crippen LogP contribution in [0.3, 0.4) is 0 Å². The molecule has 0 amide bonds. The highest BCUT2D eigenvalue weighted by molar-refractivity contribution is 5.63. The first-order valence-electron chi connectivity index (χ1n) is 6.38. The first kappa shape index (κ1) is 14.0. The smallest absolute Gasteiger partial charge is 0.258 e. The molecule has 0 saturated heterocycles. The Labute approximate surface area is 117 Å². The molecule has 0 aliphatic carbocycles. The number of rotatable bonds is 4. The number of allylic oxidation sites excluding steroid dienone is 1. The first-order valence-corrected chi connectivity index (χ1v) is 6.38. The van der Waals surface area contributed by atoms with Crippen molar-refractivity contribution in [2.24, 2.45) is 0 Å². The summed E-state index contributed by atoms with van der Waals surface area (Å²) in [4.78, 5) is 12.4. The third-order valence-corrected chi connectivity index (χ3v) is 3.06. The van der Waals surface area contributed by atoms with Crippen molar-refractivity contribution in [2.45, 2.75) is 13.5 Å². The minimum Gasteiger partial charge on any atom is -0.311 e. The summed E-state index contributed by atoms with van der Waals surface area (Å²) in [5.74, 6) is -0.280. The van der Waals surface area contributed by atoms with Gasteiger partial charge in [-0.2, -0.15) is 0 Å². The Morgan fingerprint density at radius 1 is 1.25 bits per heavy atom. The number of hydrogen-bond acceptors (Lipinski definition) is 1. The summed E-state index contributed by atoms with van der Waals surface area (Å²) in [5.41, 5.74) is 2.23.